The zero-order chi connectivity index (χ0) is 16.7. The van der Waals surface area contributed by atoms with Crippen LogP contribution in [0.15, 0.2) is 41.0 Å². The molecule has 0 aliphatic carbocycles. The molecule has 0 saturated heterocycles. The highest BCUT2D eigenvalue weighted by Crippen LogP contribution is 2.20. The van der Waals surface area contributed by atoms with Gasteiger partial charge in [0.05, 0.1) is 17.6 Å². The first-order valence-electron chi connectivity index (χ1n) is 7.58. The lowest BCUT2D eigenvalue weighted by Crippen LogP contribution is -2.35. The van der Waals surface area contributed by atoms with E-state index >= 15 is 0 Å². The fraction of sp³-hybridized carbons (Fsp3) is 0.412. The van der Waals surface area contributed by atoms with E-state index in [0.717, 1.165) is 11.3 Å². The first-order valence-corrected chi connectivity index (χ1v) is 8.74. The summed E-state index contributed by atoms with van der Waals surface area (Å²) >= 11 is 1.47. The van der Waals surface area contributed by atoms with E-state index in [-0.39, 0.29) is 11.8 Å². The number of nitrogens with zero attached hydrogens (tertiary/aromatic N) is 1. The van der Waals surface area contributed by atoms with Crippen molar-refractivity contribution in [2.24, 2.45) is 5.92 Å². The summed E-state index contributed by atoms with van der Waals surface area (Å²) in [5.41, 5.74) is 1.74. The molecule has 2 rings (SSSR count). The molecule has 1 aromatic carbocycles. The number of oxazole rings is 1. The Morgan fingerprint density at radius 3 is 2.78 bits per heavy atom. The summed E-state index contributed by atoms with van der Waals surface area (Å²) in [5.74, 6) is 1.58. The van der Waals surface area contributed by atoms with E-state index in [2.05, 4.69) is 10.3 Å². The standard InChI is InChI=1S/C17H22N2O3S/c1-12(2)15(20)8-18-16(21)11-23-10-14-9-22-17(19-14)13-6-4-3-5-7-13/h3-7,9,12,15,20H,8,10-11H2,1-2H3,(H,18,21). The van der Waals surface area contributed by atoms with Crippen LogP contribution < -0.4 is 5.32 Å². The predicted octanol–water partition coefficient (Wildman–Crippen LogP) is 2.71. The Bertz CT molecular complexity index is 613. The SMILES string of the molecule is CC(C)C(O)CNC(=O)CSCc1coc(-c2ccccc2)n1. The van der Waals surface area contributed by atoms with Gasteiger partial charge in [0.1, 0.15) is 6.26 Å². The van der Waals surface area contributed by atoms with Gasteiger partial charge in [-0.25, -0.2) is 4.98 Å². The summed E-state index contributed by atoms with van der Waals surface area (Å²) in [5, 5.41) is 12.4. The fourth-order valence-electron chi connectivity index (χ4n) is 1.84. The van der Waals surface area contributed by atoms with E-state index in [1.54, 1.807) is 6.26 Å². The molecule has 0 aliphatic rings. The third kappa shape index (κ3) is 5.73. The summed E-state index contributed by atoms with van der Waals surface area (Å²) in [6.45, 7) is 4.13. The number of hydrogen-bond donors (Lipinski definition) is 2. The Labute approximate surface area is 140 Å². The van der Waals surface area contributed by atoms with Crippen molar-refractivity contribution in [3.8, 4) is 11.5 Å². The third-order valence-electron chi connectivity index (χ3n) is 3.33. The van der Waals surface area contributed by atoms with Gasteiger partial charge < -0.3 is 14.8 Å². The van der Waals surface area contributed by atoms with Crippen molar-refractivity contribution in [1.29, 1.82) is 0 Å². The van der Waals surface area contributed by atoms with Crippen LogP contribution in [0.4, 0.5) is 0 Å². The van der Waals surface area contributed by atoms with Gasteiger partial charge in [-0.2, -0.15) is 0 Å². The van der Waals surface area contributed by atoms with Crippen LogP contribution in [-0.4, -0.2) is 34.4 Å². The van der Waals surface area contributed by atoms with Gasteiger partial charge in [-0.15, -0.1) is 11.8 Å². The predicted molar refractivity (Wildman–Crippen MR) is 92.0 cm³/mol. The zero-order valence-electron chi connectivity index (χ0n) is 13.4. The maximum atomic E-state index is 11.7. The molecule has 1 heterocycles. The second-order valence-electron chi connectivity index (χ2n) is 5.62. The lowest BCUT2D eigenvalue weighted by Gasteiger charge is -2.14. The molecule has 0 saturated carbocycles. The Kier molecular flexibility index (Phi) is 6.67. The average molecular weight is 334 g/mol. The Hall–Kier alpha value is -1.79. The first-order chi connectivity index (χ1) is 11.1. The molecule has 2 aromatic rings. The molecule has 0 radical (unpaired) electrons. The van der Waals surface area contributed by atoms with Gasteiger partial charge in [-0.05, 0) is 18.1 Å². The largest absolute Gasteiger partial charge is 0.444 e. The highest BCUT2D eigenvalue weighted by Gasteiger charge is 2.11. The van der Waals surface area contributed by atoms with E-state index in [1.807, 2.05) is 44.2 Å². The molecule has 1 atom stereocenters. The molecule has 0 bridgehead atoms. The Balaban J connectivity index is 1.72. The minimum atomic E-state index is -0.507. The van der Waals surface area contributed by atoms with Crippen molar-refractivity contribution in [3.05, 3.63) is 42.3 Å². The number of aliphatic hydroxyl groups is 1. The molecule has 5 nitrogen and oxygen atoms in total. The molecule has 0 aliphatic heterocycles. The van der Waals surface area contributed by atoms with Gasteiger partial charge in [-0.1, -0.05) is 32.0 Å². The molecule has 1 amide bonds. The van der Waals surface area contributed by atoms with Gasteiger partial charge >= 0.3 is 0 Å². The lowest BCUT2D eigenvalue weighted by molar-refractivity contribution is -0.119. The number of thioether (sulfide) groups is 1. The number of carbonyl (C=O) groups excluding carboxylic acids is 1. The molecule has 0 spiro atoms. The first kappa shape index (κ1) is 17.6. The maximum absolute atomic E-state index is 11.7. The summed E-state index contributed by atoms with van der Waals surface area (Å²) in [4.78, 5) is 16.1. The Morgan fingerprint density at radius 2 is 2.09 bits per heavy atom. The second-order valence-corrected chi connectivity index (χ2v) is 6.60. The minimum Gasteiger partial charge on any atom is -0.444 e. The van der Waals surface area contributed by atoms with Gasteiger partial charge in [0.25, 0.3) is 0 Å². The molecule has 1 unspecified atom stereocenters. The molecule has 0 fully saturated rings. The van der Waals surface area contributed by atoms with Gasteiger partial charge in [0.2, 0.25) is 11.8 Å². The molecular weight excluding hydrogens is 312 g/mol. The summed E-state index contributed by atoms with van der Waals surface area (Å²) in [6.07, 6.45) is 1.11. The van der Waals surface area contributed by atoms with E-state index in [0.29, 0.717) is 23.9 Å². The van der Waals surface area contributed by atoms with Crippen LogP contribution in [0.2, 0.25) is 0 Å². The molecule has 1 aromatic heterocycles. The molecule has 6 heteroatoms. The smallest absolute Gasteiger partial charge is 0.230 e. The number of carbonyl (C=O) groups is 1. The van der Waals surface area contributed by atoms with Gasteiger partial charge in [0.15, 0.2) is 0 Å². The van der Waals surface area contributed by atoms with Crippen molar-refractivity contribution in [3.63, 3.8) is 0 Å². The summed E-state index contributed by atoms with van der Waals surface area (Å²) in [7, 11) is 0. The monoisotopic (exact) mass is 334 g/mol. The average Bonchev–Trinajstić information content (AvgIpc) is 3.02. The Morgan fingerprint density at radius 1 is 1.35 bits per heavy atom. The number of benzene rings is 1. The van der Waals surface area contributed by atoms with Crippen molar-refractivity contribution in [1.82, 2.24) is 10.3 Å². The molecule has 124 valence electrons. The number of hydrogen-bond acceptors (Lipinski definition) is 5. The number of amides is 1. The van der Waals surface area contributed by atoms with Gasteiger partial charge in [0, 0.05) is 17.9 Å². The zero-order valence-corrected chi connectivity index (χ0v) is 14.2. The van der Waals surface area contributed by atoms with Crippen LogP contribution in [0.1, 0.15) is 19.5 Å². The second kappa shape index (κ2) is 8.74. The number of nitrogens with one attached hydrogen (secondary N) is 1. The fourth-order valence-corrected chi connectivity index (χ4v) is 2.57. The summed E-state index contributed by atoms with van der Waals surface area (Å²) in [6, 6.07) is 9.69. The highest BCUT2D eigenvalue weighted by molar-refractivity contribution is 7.99. The quantitative estimate of drug-likeness (QED) is 0.776. The third-order valence-corrected chi connectivity index (χ3v) is 4.30. The van der Waals surface area contributed by atoms with E-state index < -0.39 is 6.10 Å². The number of aliphatic hydroxyl groups excluding tert-OH is 1. The van der Waals surface area contributed by atoms with Crippen LogP contribution in [-0.2, 0) is 10.5 Å². The van der Waals surface area contributed by atoms with Crippen molar-refractivity contribution < 1.29 is 14.3 Å². The van der Waals surface area contributed by atoms with Crippen molar-refractivity contribution in [2.75, 3.05) is 12.3 Å². The minimum absolute atomic E-state index is 0.0820. The van der Waals surface area contributed by atoms with E-state index in [1.165, 1.54) is 11.8 Å². The van der Waals surface area contributed by atoms with Crippen molar-refractivity contribution >= 4 is 17.7 Å². The van der Waals surface area contributed by atoms with Crippen LogP contribution in [0, 0.1) is 5.92 Å². The number of rotatable bonds is 8. The number of aromatic nitrogens is 1. The van der Waals surface area contributed by atoms with Crippen LogP contribution in [0.5, 0.6) is 0 Å². The van der Waals surface area contributed by atoms with E-state index in [9.17, 15) is 9.90 Å². The van der Waals surface area contributed by atoms with Crippen LogP contribution in [0.25, 0.3) is 11.5 Å². The lowest BCUT2D eigenvalue weighted by atomic mass is 10.1. The molecule has 2 N–H and O–H groups in total. The van der Waals surface area contributed by atoms with Gasteiger partial charge in [-0.3, -0.25) is 4.79 Å². The summed E-state index contributed by atoms with van der Waals surface area (Å²) < 4.78 is 5.46. The molecular formula is C17H22N2O3S. The van der Waals surface area contributed by atoms with E-state index in [4.69, 9.17) is 4.42 Å². The molecule has 23 heavy (non-hydrogen) atoms. The normalized spacial score (nSPS) is 12.3. The van der Waals surface area contributed by atoms with Crippen molar-refractivity contribution in [2.45, 2.75) is 25.7 Å². The maximum Gasteiger partial charge on any atom is 0.230 e. The van der Waals surface area contributed by atoms with Crippen LogP contribution in [0.3, 0.4) is 0 Å². The topological polar surface area (TPSA) is 75.4 Å². The highest BCUT2D eigenvalue weighted by atomic mass is 32.2. The van der Waals surface area contributed by atoms with Crippen LogP contribution >= 0.6 is 11.8 Å².